The van der Waals surface area contributed by atoms with Gasteiger partial charge >= 0.3 is 17.9 Å². The Kier molecular flexibility index (Phi) is 13.1. The molecule has 0 aliphatic rings. The second-order valence-corrected chi connectivity index (χ2v) is 11.1. The van der Waals surface area contributed by atoms with Gasteiger partial charge in [-0.3, -0.25) is 59.5 Å². The lowest BCUT2D eigenvalue weighted by Gasteiger charge is -2.27. The molecule has 0 saturated carbocycles. The second-order valence-electron chi connectivity index (χ2n) is 7.81. The van der Waals surface area contributed by atoms with E-state index in [0.717, 1.165) is 22.7 Å². The summed E-state index contributed by atoms with van der Waals surface area (Å²) in [5, 5.41) is 45.8. The van der Waals surface area contributed by atoms with Gasteiger partial charge in [-0.05, 0) is 24.4 Å². The Bertz CT molecular complexity index is 1190. The van der Waals surface area contributed by atoms with Crippen molar-refractivity contribution in [2.24, 2.45) is 0 Å². The van der Waals surface area contributed by atoms with Gasteiger partial charge < -0.3 is 15.3 Å². The minimum absolute atomic E-state index is 0.00660. The summed E-state index contributed by atoms with van der Waals surface area (Å²) in [6.07, 6.45) is 0. The lowest BCUT2D eigenvalue weighted by Crippen LogP contribution is -2.46. The smallest absolute Gasteiger partial charge is 0.317 e. The van der Waals surface area contributed by atoms with Crippen LogP contribution in [0.1, 0.15) is 0 Å². The Hall–Kier alpha value is -3.21. The summed E-state index contributed by atoms with van der Waals surface area (Å²) >= 11 is 11.8. The molecule has 0 radical (unpaired) electrons. The van der Waals surface area contributed by atoms with Gasteiger partial charge in [0.2, 0.25) is 22.1 Å². The Labute approximate surface area is 238 Å². The molecule has 2 aromatic rings. The number of nitrogens with one attached hydrogen (secondary N) is 4. The summed E-state index contributed by atoms with van der Waals surface area (Å²) in [5.41, 5.74) is 0. The van der Waals surface area contributed by atoms with Crippen molar-refractivity contribution < 1.29 is 39.3 Å². The second kappa shape index (κ2) is 16.0. The van der Waals surface area contributed by atoms with Gasteiger partial charge in [0.25, 0.3) is 0 Å². The zero-order valence-electron chi connectivity index (χ0n) is 20.1. The molecule has 2 rings (SSSR count). The molecule has 39 heavy (non-hydrogen) atoms. The highest BCUT2D eigenvalue weighted by atomic mass is 32.2. The Morgan fingerprint density at radius 3 is 1.28 bits per heavy atom. The predicted molar refractivity (Wildman–Crippen MR) is 144 cm³/mol. The van der Waals surface area contributed by atoms with Crippen LogP contribution in [0.5, 0.6) is 0 Å². The first-order valence-corrected chi connectivity index (χ1v) is 13.4. The average molecular weight is 624 g/mol. The highest BCUT2D eigenvalue weighted by molar-refractivity contribution is 7.73. The zero-order valence-corrected chi connectivity index (χ0v) is 23.4. The van der Waals surface area contributed by atoms with E-state index in [1.807, 2.05) is 0 Å². The van der Waals surface area contributed by atoms with Gasteiger partial charge in [0, 0.05) is 26.2 Å². The third-order valence-corrected chi connectivity index (χ3v) is 6.65. The third kappa shape index (κ3) is 13.4. The predicted octanol–water partition coefficient (Wildman–Crippen LogP) is -0.548. The van der Waals surface area contributed by atoms with Crippen molar-refractivity contribution in [3.05, 3.63) is 7.91 Å². The number of carbonyl (C=O) groups excluding carboxylic acids is 2. The number of carboxylic acids is 3. The SMILES string of the molecule is O=C(O)CN(CCN(CC(=O)O)CC(=O)Nc1n[nH]c(=S)s1)CCN(CC(=O)O)CC(=O)Nc1n[nH]c(=S)s1. The van der Waals surface area contributed by atoms with E-state index in [4.69, 9.17) is 24.4 Å². The number of nitrogens with zero attached hydrogens (tertiary/aromatic N) is 5. The van der Waals surface area contributed by atoms with Crippen LogP contribution in [0.4, 0.5) is 10.3 Å². The summed E-state index contributed by atoms with van der Waals surface area (Å²) < 4.78 is 0.692. The lowest BCUT2D eigenvalue weighted by atomic mass is 10.3. The minimum atomic E-state index is -1.19. The van der Waals surface area contributed by atoms with Crippen LogP contribution in [0.15, 0.2) is 0 Å². The van der Waals surface area contributed by atoms with E-state index < -0.39 is 49.4 Å². The third-order valence-electron chi connectivity index (χ3n) is 4.64. The maximum Gasteiger partial charge on any atom is 0.317 e. The quantitative estimate of drug-likeness (QED) is 0.103. The minimum Gasteiger partial charge on any atom is -0.480 e. The molecule has 214 valence electrons. The average Bonchev–Trinajstić information content (AvgIpc) is 3.40. The summed E-state index contributed by atoms with van der Waals surface area (Å²) in [6.45, 7) is -1.95. The van der Waals surface area contributed by atoms with Crippen molar-refractivity contribution in [2.75, 3.05) is 69.5 Å². The molecule has 21 heteroatoms. The Morgan fingerprint density at radius 2 is 0.974 bits per heavy atom. The van der Waals surface area contributed by atoms with Gasteiger partial charge in [0.05, 0.1) is 32.7 Å². The van der Waals surface area contributed by atoms with E-state index in [2.05, 4.69) is 31.0 Å². The fraction of sp³-hybridized carbons (Fsp3) is 0.500. The molecule has 2 aromatic heterocycles. The van der Waals surface area contributed by atoms with Crippen LogP contribution in [0.3, 0.4) is 0 Å². The fourth-order valence-electron chi connectivity index (χ4n) is 3.13. The summed E-state index contributed by atoms with van der Waals surface area (Å²) in [5.74, 6) is -4.64. The molecule has 0 aromatic carbocycles. The number of anilines is 2. The molecule has 0 fully saturated rings. The summed E-state index contributed by atoms with van der Waals surface area (Å²) in [7, 11) is 0. The molecule has 0 atom stereocenters. The highest BCUT2D eigenvalue weighted by Gasteiger charge is 2.20. The Morgan fingerprint density at radius 1 is 0.641 bits per heavy atom. The molecule has 7 N–H and O–H groups in total. The number of carboxylic acid groups (broad SMARTS) is 3. The zero-order chi connectivity index (χ0) is 28.9. The Balaban J connectivity index is 1.98. The number of aliphatic carboxylic acids is 3. The van der Waals surface area contributed by atoms with E-state index in [1.54, 1.807) is 0 Å². The van der Waals surface area contributed by atoms with Crippen molar-refractivity contribution >= 4 is 87.1 Å². The van der Waals surface area contributed by atoms with E-state index in [1.165, 1.54) is 14.7 Å². The lowest BCUT2D eigenvalue weighted by molar-refractivity contribution is -0.140. The van der Waals surface area contributed by atoms with Gasteiger partial charge in [-0.15, -0.1) is 10.2 Å². The van der Waals surface area contributed by atoms with Crippen LogP contribution in [-0.2, 0) is 24.0 Å². The van der Waals surface area contributed by atoms with Gasteiger partial charge in [0.1, 0.15) is 0 Å². The van der Waals surface area contributed by atoms with Crippen molar-refractivity contribution in [1.29, 1.82) is 0 Å². The van der Waals surface area contributed by atoms with Crippen molar-refractivity contribution in [3.8, 4) is 0 Å². The first-order valence-electron chi connectivity index (χ1n) is 10.9. The largest absolute Gasteiger partial charge is 0.480 e. The van der Waals surface area contributed by atoms with Crippen LogP contribution < -0.4 is 10.6 Å². The van der Waals surface area contributed by atoms with Crippen molar-refractivity contribution in [1.82, 2.24) is 35.1 Å². The number of amides is 2. The highest BCUT2D eigenvalue weighted by Crippen LogP contribution is 2.11. The first kappa shape index (κ1) is 32.0. The van der Waals surface area contributed by atoms with E-state index in [0.29, 0.717) is 7.91 Å². The molecule has 0 aliphatic carbocycles. The van der Waals surface area contributed by atoms with Crippen LogP contribution >= 0.6 is 47.1 Å². The van der Waals surface area contributed by atoms with Crippen LogP contribution in [0, 0.1) is 7.91 Å². The number of aromatic nitrogens is 4. The maximum absolute atomic E-state index is 12.3. The number of rotatable bonds is 18. The first-order chi connectivity index (χ1) is 18.4. The molecule has 17 nitrogen and oxygen atoms in total. The molecule has 0 unspecified atom stereocenters. The van der Waals surface area contributed by atoms with Gasteiger partial charge in [-0.2, -0.15) is 0 Å². The number of aromatic amines is 2. The normalized spacial score (nSPS) is 11.2. The van der Waals surface area contributed by atoms with Gasteiger partial charge in [0.15, 0.2) is 7.91 Å². The standard InChI is InChI=1S/C18H25N9O8S4/c28-10(19-15-21-23-17(36)38-15)5-26(8-13(32)33)3-1-25(7-12(30)31)2-4-27(9-14(34)35)6-11(29)20-16-22-24-18(37)39-16/h1-9H2,(H,23,36)(H,24,37)(H,30,31)(H,32,33)(H,34,35)(H,19,21,28)(H,20,22,29). The number of H-pyrrole nitrogens is 2. The topological polar surface area (TPSA) is 237 Å². The van der Waals surface area contributed by atoms with Crippen molar-refractivity contribution in [3.63, 3.8) is 0 Å². The van der Waals surface area contributed by atoms with E-state index >= 15 is 0 Å². The van der Waals surface area contributed by atoms with Gasteiger partial charge in [-0.1, -0.05) is 22.7 Å². The molecule has 0 spiro atoms. The molecular formula is C18H25N9O8S4. The maximum atomic E-state index is 12.3. The van der Waals surface area contributed by atoms with Crippen LogP contribution in [0.2, 0.25) is 0 Å². The van der Waals surface area contributed by atoms with Gasteiger partial charge in [-0.25, -0.2) is 0 Å². The monoisotopic (exact) mass is 623 g/mol. The molecule has 0 saturated heterocycles. The summed E-state index contributed by atoms with van der Waals surface area (Å²) in [4.78, 5) is 62.8. The molecule has 2 heterocycles. The fourth-order valence-corrected chi connectivity index (χ4v) is 4.74. The van der Waals surface area contributed by atoms with E-state index in [9.17, 15) is 39.3 Å². The van der Waals surface area contributed by atoms with Crippen LogP contribution in [0.25, 0.3) is 0 Å². The number of hydrogen-bond donors (Lipinski definition) is 7. The van der Waals surface area contributed by atoms with Crippen LogP contribution in [-0.4, -0.2) is 139 Å². The van der Waals surface area contributed by atoms with Crippen molar-refractivity contribution in [2.45, 2.75) is 0 Å². The molecular weight excluding hydrogens is 599 g/mol. The molecule has 0 aliphatic heterocycles. The number of hydrogen-bond acceptors (Lipinski definition) is 14. The molecule has 0 bridgehead atoms. The molecule has 2 amide bonds. The number of carbonyl (C=O) groups is 5. The summed E-state index contributed by atoms with van der Waals surface area (Å²) in [6, 6.07) is 0. The van der Waals surface area contributed by atoms with E-state index in [-0.39, 0.29) is 49.5 Å².